The van der Waals surface area contributed by atoms with E-state index < -0.39 is 6.61 Å². The van der Waals surface area contributed by atoms with Crippen molar-refractivity contribution in [3.63, 3.8) is 0 Å². The number of rotatable bonds is 8. The van der Waals surface area contributed by atoms with Crippen LogP contribution in [0.3, 0.4) is 0 Å². The van der Waals surface area contributed by atoms with Gasteiger partial charge in [-0.3, -0.25) is 4.79 Å². The van der Waals surface area contributed by atoms with Gasteiger partial charge in [0.05, 0.1) is 5.69 Å². The van der Waals surface area contributed by atoms with Crippen molar-refractivity contribution in [2.45, 2.75) is 40.2 Å². The molecule has 0 aliphatic heterocycles. The van der Waals surface area contributed by atoms with Crippen LogP contribution in [0.5, 0.6) is 5.75 Å². The Morgan fingerprint density at radius 2 is 2.05 bits per heavy atom. The van der Waals surface area contributed by atoms with Crippen LogP contribution in [0, 0.1) is 5.92 Å². The first kappa shape index (κ1) is 16.4. The molecule has 0 aromatic heterocycles. The number of halogens is 2. The largest absolute Gasteiger partial charge is 0.433 e. The summed E-state index contributed by atoms with van der Waals surface area (Å²) in [6.45, 7) is 3.63. The molecule has 112 valence electrons. The zero-order chi connectivity index (χ0) is 15.1. The van der Waals surface area contributed by atoms with E-state index in [2.05, 4.69) is 10.1 Å². The molecule has 1 aromatic rings. The van der Waals surface area contributed by atoms with Crippen molar-refractivity contribution in [3.8, 4) is 5.75 Å². The molecule has 0 saturated carbocycles. The number of hydrogen-bond acceptors (Lipinski definition) is 3. The molecule has 20 heavy (non-hydrogen) atoms. The predicted molar refractivity (Wildman–Crippen MR) is 75.6 cm³/mol. The minimum absolute atomic E-state index is 0.00291. The summed E-state index contributed by atoms with van der Waals surface area (Å²) < 4.78 is 29.1. The summed E-state index contributed by atoms with van der Waals surface area (Å²) in [5, 5.41) is 3.01. The van der Waals surface area contributed by atoms with E-state index in [4.69, 9.17) is 0 Å². The molecule has 1 aromatic carbocycles. The topological polar surface area (TPSA) is 38.3 Å². The SMILES string of the molecule is CCCNc1cc(C(=O)CC(C)C)ccc1OC(F)F. The Balaban J connectivity index is 2.96. The standard InChI is InChI=1S/C15H21F2NO2/c1-4-7-18-12-9-11(13(19)8-10(2)3)5-6-14(12)20-15(16)17/h5-6,9-10,15,18H,4,7-8H2,1-3H3. The fourth-order valence-electron chi connectivity index (χ4n) is 1.79. The zero-order valence-corrected chi connectivity index (χ0v) is 12.1. The molecule has 0 amide bonds. The van der Waals surface area contributed by atoms with Crippen LogP contribution < -0.4 is 10.1 Å². The summed E-state index contributed by atoms with van der Waals surface area (Å²) in [5.74, 6) is 0.323. The third-order valence-corrected chi connectivity index (χ3v) is 2.68. The Bertz CT molecular complexity index is 447. The Kier molecular flexibility index (Phi) is 6.42. The highest BCUT2D eigenvalue weighted by Crippen LogP contribution is 2.28. The lowest BCUT2D eigenvalue weighted by Crippen LogP contribution is -2.09. The minimum atomic E-state index is -2.88. The van der Waals surface area contributed by atoms with E-state index in [1.54, 1.807) is 6.07 Å². The van der Waals surface area contributed by atoms with Crippen LogP contribution in [0.15, 0.2) is 18.2 Å². The number of anilines is 1. The van der Waals surface area contributed by atoms with Gasteiger partial charge >= 0.3 is 6.61 Å². The fraction of sp³-hybridized carbons (Fsp3) is 0.533. The number of nitrogens with one attached hydrogen (secondary N) is 1. The lowest BCUT2D eigenvalue weighted by Gasteiger charge is -2.14. The second-order valence-electron chi connectivity index (χ2n) is 5.04. The molecule has 0 bridgehead atoms. The number of carbonyl (C=O) groups excluding carboxylic acids is 1. The van der Waals surface area contributed by atoms with Gasteiger partial charge in [-0.05, 0) is 30.5 Å². The summed E-state index contributed by atoms with van der Waals surface area (Å²) in [6.07, 6.45) is 1.28. The van der Waals surface area contributed by atoms with Crippen LogP contribution in [0.25, 0.3) is 0 Å². The number of ether oxygens (including phenoxy) is 1. The maximum absolute atomic E-state index is 12.3. The Labute approximate surface area is 118 Å². The molecule has 0 atom stereocenters. The van der Waals surface area contributed by atoms with Crippen molar-refractivity contribution in [2.75, 3.05) is 11.9 Å². The molecule has 1 N–H and O–H groups in total. The molecule has 0 fully saturated rings. The molecule has 0 aliphatic carbocycles. The second kappa shape index (κ2) is 7.82. The zero-order valence-electron chi connectivity index (χ0n) is 12.1. The van der Waals surface area contributed by atoms with Crippen LogP contribution in [0.4, 0.5) is 14.5 Å². The van der Waals surface area contributed by atoms with Gasteiger partial charge in [0.1, 0.15) is 5.75 Å². The van der Waals surface area contributed by atoms with Gasteiger partial charge in [-0.15, -0.1) is 0 Å². The summed E-state index contributed by atoms with van der Waals surface area (Å²) >= 11 is 0. The van der Waals surface area contributed by atoms with Gasteiger partial charge < -0.3 is 10.1 Å². The van der Waals surface area contributed by atoms with Crippen molar-refractivity contribution in [3.05, 3.63) is 23.8 Å². The maximum atomic E-state index is 12.3. The number of carbonyl (C=O) groups is 1. The molecule has 1 rings (SSSR count). The summed E-state index contributed by atoms with van der Waals surface area (Å²) in [6, 6.07) is 4.52. The van der Waals surface area contributed by atoms with Crippen LogP contribution >= 0.6 is 0 Å². The average molecular weight is 285 g/mol. The van der Waals surface area contributed by atoms with Crippen LogP contribution in [-0.2, 0) is 0 Å². The van der Waals surface area contributed by atoms with Crippen molar-refractivity contribution in [2.24, 2.45) is 5.92 Å². The maximum Gasteiger partial charge on any atom is 0.387 e. The highest BCUT2D eigenvalue weighted by Gasteiger charge is 2.14. The smallest absolute Gasteiger partial charge is 0.387 e. The van der Waals surface area contributed by atoms with Gasteiger partial charge in [0.15, 0.2) is 5.78 Å². The Morgan fingerprint density at radius 3 is 2.60 bits per heavy atom. The van der Waals surface area contributed by atoms with E-state index in [-0.39, 0.29) is 17.5 Å². The average Bonchev–Trinajstić information content (AvgIpc) is 2.36. The molecule has 0 saturated heterocycles. The van der Waals surface area contributed by atoms with Crippen LogP contribution in [0.1, 0.15) is 44.0 Å². The van der Waals surface area contributed by atoms with Crippen LogP contribution in [-0.4, -0.2) is 18.9 Å². The Hall–Kier alpha value is -1.65. The van der Waals surface area contributed by atoms with E-state index in [0.29, 0.717) is 24.2 Å². The molecule has 0 radical (unpaired) electrons. The highest BCUT2D eigenvalue weighted by molar-refractivity contribution is 5.97. The Morgan fingerprint density at radius 1 is 1.35 bits per heavy atom. The number of Topliss-reactive ketones (excluding diaryl/α,β-unsaturated/α-hetero) is 1. The molecule has 3 nitrogen and oxygen atoms in total. The summed E-state index contributed by atoms with van der Waals surface area (Å²) in [4.78, 5) is 12.0. The van der Waals surface area contributed by atoms with Crippen molar-refractivity contribution in [1.29, 1.82) is 0 Å². The van der Waals surface area contributed by atoms with Gasteiger partial charge in [-0.2, -0.15) is 8.78 Å². The van der Waals surface area contributed by atoms with Gasteiger partial charge in [0.2, 0.25) is 0 Å². The molecule has 0 unspecified atom stereocenters. The second-order valence-corrected chi connectivity index (χ2v) is 5.04. The van der Waals surface area contributed by atoms with E-state index >= 15 is 0 Å². The summed E-state index contributed by atoms with van der Waals surface area (Å²) in [5.41, 5.74) is 0.945. The van der Waals surface area contributed by atoms with Gasteiger partial charge in [0, 0.05) is 18.5 Å². The van der Waals surface area contributed by atoms with Gasteiger partial charge in [0.25, 0.3) is 0 Å². The lowest BCUT2D eigenvalue weighted by molar-refractivity contribution is -0.0493. The quantitative estimate of drug-likeness (QED) is 0.722. The monoisotopic (exact) mass is 285 g/mol. The normalized spacial score (nSPS) is 10.9. The number of hydrogen-bond donors (Lipinski definition) is 1. The van der Waals surface area contributed by atoms with E-state index in [1.807, 2.05) is 20.8 Å². The van der Waals surface area contributed by atoms with Gasteiger partial charge in [-0.1, -0.05) is 20.8 Å². The van der Waals surface area contributed by atoms with Crippen molar-refractivity contribution < 1.29 is 18.3 Å². The number of ketones is 1. The fourth-order valence-corrected chi connectivity index (χ4v) is 1.79. The number of benzene rings is 1. The molecule has 0 heterocycles. The molecule has 5 heteroatoms. The lowest BCUT2D eigenvalue weighted by atomic mass is 10.0. The first-order valence-electron chi connectivity index (χ1n) is 6.80. The van der Waals surface area contributed by atoms with E-state index in [1.165, 1.54) is 12.1 Å². The first-order chi connectivity index (χ1) is 9.43. The minimum Gasteiger partial charge on any atom is -0.433 e. The van der Waals surface area contributed by atoms with Crippen molar-refractivity contribution >= 4 is 11.5 Å². The van der Waals surface area contributed by atoms with E-state index in [0.717, 1.165) is 6.42 Å². The highest BCUT2D eigenvalue weighted by atomic mass is 19.3. The molecular formula is C15H21F2NO2. The number of alkyl halides is 2. The first-order valence-corrected chi connectivity index (χ1v) is 6.80. The third kappa shape index (κ3) is 5.15. The van der Waals surface area contributed by atoms with Crippen LogP contribution in [0.2, 0.25) is 0 Å². The van der Waals surface area contributed by atoms with Gasteiger partial charge in [-0.25, -0.2) is 0 Å². The molecular weight excluding hydrogens is 264 g/mol. The molecule has 0 aliphatic rings. The van der Waals surface area contributed by atoms with Crippen molar-refractivity contribution in [1.82, 2.24) is 0 Å². The van der Waals surface area contributed by atoms with E-state index in [9.17, 15) is 13.6 Å². The summed E-state index contributed by atoms with van der Waals surface area (Å²) in [7, 11) is 0. The predicted octanol–water partition coefficient (Wildman–Crippen LogP) is 4.34. The molecule has 0 spiro atoms. The third-order valence-electron chi connectivity index (χ3n) is 2.68.